The van der Waals surface area contributed by atoms with E-state index in [0.29, 0.717) is 0 Å². The number of aryl methyl sites for hydroxylation is 2. The summed E-state index contributed by atoms with van der Waals surface area (Å²) < 4.78 is 11.1. The molecule has 2 nitrogen and oxygen atoms in total. The molecule has 0 spiro atoms. The fourth-order valence-corrected chi connectivity index (χ4v) is 4.29. The van der Waals surface area contributed by atoms with Crippen LogP contribution < -0.4 is 9.47 Å². The number of ether oxygens (including phenoxy) is 2. The normalized spacial score (nSPS) is 13.1. The summed E-state index contributed by atoms with van der Waals surface area (Å²) in [7, 11) is 3.39. The van der Waals surface area contributed by atoms with Crippen LogP contribution in [-0.4, -0.2) is 14.2 Å². The van der Waals surface area contributed by atoms with Gasteiger partial charge in [-0.25, -0.2) is 0 Å². The van der Waals surface area contributed by atoms with Gasteiger partial charge in [0.2, 0.25) is 0 Å². The number of hydrogen-bond acceptors (Lipinski definition) is 2. The summed E-state index contributed by atoms with van der Waals surface area (Å²) in [6.07, 6.45) is 2.30. The highest BCUT2D eigenvalue weighted by Crippen LogP contribution is 2.43. The molecule has 24 heavy (non-hydrogen) atoms. The lowest BCUT2D eigenvalue weighted by atomic mass is 9.93. The van der Waals surface area contributed by atoms with Gasteiger partial charge in [-0.3, -0.25) is 0 Å². The van der Waals surface area contributed by atoms with Crippen LogP contribution >= 0.6 is 0 Å². The minimum Gasteiger partial charge on any atom is -0.493 e. The Morgan fingerprint density at radius 2 is 1.54 bits per heavy atom. The highest BCUT2D eigenvalue weighted by atomic mass is 16.5. The van der Waals surface area contributed by atoms with Crippen molar-refractivity contribution in [2.75, 3.05) is 14.2 Å². The van der Waals surface area contributed by atoms with Gasteiger partial charge in [0.1, 0.15) is 0 Å². The number of hydrogen-bond donors (Lipinski definition) is 0. The highest BCUT2D eigenvalue weighted by molar-refractivity contribution is 6.22. The molecule has 0 saturated carbocycles. The fraction of sp³-hybridized carbons (Fsp3) is 0.182. The van der Waals surface area contributed by atoms with Crippen LogP contribution in [0.4, 0.5) is 0 Å². The lowest BCUT2D eigenvalue weighted by Crippen LogP contribution is -1.92. The largest absolute Gasteiger partial charge is 0.493 e. The average Bonchev–Trinajstić information content (AvgIpc) is 3.04. The molecule has 5 rings (SSSR count). The lowest BCUT2D eigenvalue weighted by Gasteiger charge is -2.14. The van der Waals surface area contributed by atoms with Crippen LogP contribution in [0.2, 0.25) is 0 Å². The fourth-order valence-electron chi connectivity index (χ4n) is 4.29. The molecular formula is C22H18O2. The average molecular weight is 314 g/mol. The number of rotatable bonds is 2. The van der Waals surface area contributed by atoms with Crippen molar-refractivity contribution >= 4 is 32.3 Å². The first-order valence-electron chi connectivity index (χ1n) is 8.32. The Bertz CT molecular complexity index is 1130. The molecule has 0 bridgehead atoms. The maximum absolute atomic E-state index is 5.65. The number of benzene rings is 4. The Morgan fingerprint density at radius 1 is 0.708 bits per heavy atom. The van der Waals surface area contributed by atoms with E-state index in [1.54, 1.807) is 14.2 Å². The van der Waals surface area contributed by atoms with Crippen molar-refractivity contribution in [2.24, 2.45) is 0 Å². The van der Waals surface area contributed by atoms with Gasteiger partial charge in [0.25, 0.3) is 0 Å². The second-order valence-electron chi connectivity index (χ2n) is 6.44. The molecule has 0 saturated heterocycles. The minimum atomic E-state index is 0.773. The topological polar surface area (TPSA) is 18.5 Å². The zero-order chi connectivity index (χ0) is 16.3. The van der Waals surface area contributed by atoms with E-state index in [2.05, 4.69) is 42.5 Å². The summed E-state index contributed by atoms with van der Waals surface area (Å²) in [6, 6.07) is 17.6. The molecule has 0 atom stereocenters. The molecule has 0 radical (unpaired) electrons. The summed E-state index contributed by atoms with van der Waals surface area (Å²) in [6.45, 7) is 0. The van der Waals surface area contributed by atoms with Crippen molar-refractivity contribution in [1.29, 1.82) is 0 Å². The number of methoxy groups -OCH3 is 2. The van der Waals surface area contributed by atoms with E-state index >= 15 is 0 Å². The molecule has 4 aromatic carbocycles. The monoisotopic (exact) mass is 314 g/mol. The Balaban J connectivity index is 2.03. The van der Waals surface area contributed by atoms with Gasteiger partial charge in [-0.15, -0.1) is 0 Å². The van der Waals surface area contributed by atoms with E-state index in [4.69, 9.17) is 9.47 Å². The van der Waals surface area contributed by atoms with Crippen LogP contribution in [0.5, 0.6) is 11.5 Å². The van der Waals surface area contributed by atoms with Crippen LogP contribution in [0.25, 0.3) is 32.3 Å². The second-order valence-corrected chi connectivity index (χ2v) is 6.44. The van der Waals surface area contributed by atoms with Crippen LogP contribution in [0.15, 0.2) is 48.5 Å². The minimum absolute atomic E-state index is 0.773. The molecule has 0 heterocycles. The molecule has 118 valence electrons. The first-order valence-corrected chi connectivity index (χ1v) is 8.32. The van der Waals surface area contributed by atoms with Crippen molar-refractivity contribution in [3.8, 4) is 11.5 Å². The van der Waals surface area contributed by atoms with Gasteiger partial charge in [0, 0.05) is 5.39 Å². The van der Waals surface area contributed by atoms with Crippen LogP contribution in [0, 0.1) is 0 Å². The van der Waals surface area contributed by atoms with Crippen molar-refractivity contribution in [2.45, 2.75) is 12.8 Å². The Morgan fingerprint density at radius 3 is 2.38 bits per heavy atom. The predicted molar refractivity (Wildman–Crippen MR) is 99.5 cm³/mol. The van der Waals surface area contributed by atoms with E-state index in [0.717, 1.165) is 29.7 Å². The lowest BCUT2D eigenvalue weighted by molar-refractivity contribution is 0.358. The summed E-state index contributed by atoms with van der Waals surface area (Å²) >= 11 is 0. The van der Waals surface area contributed by atoms with Gasteiger partial charge in [-0.05, 0) is 69.1 Å². The molecule has 0 aliphatic heterocycles. The van der Waals surface area contributed by atoms with E-state index in [1.165, 1.54) is 38.1 Å². The summed E-state index contributed by atoms with van der Waals surface area (Å²) in [5.41, 5.74) is 2.95. The first-order chi connectivity index (χ1) is 11.8. The van der Waals surface area contributed by atoms with Crippen LogP contribution in [-0.2, 0) is 12.8 Å². The molecule has 1 aliphatic carbocycles. The Hall–Kier alpha value is -2.74. The van der Waals surface area contributed by atoms with Crippen LogP contribution in [0.3, 0.4) is 0 Å². The van der Waals surface area contributed by atoms with Crippen molar-refractivity contribution in [1.82, 2.24) is 0 Å². The van der Waals surface area contributed by atoms with Crippen molar-refractivity contribution in [3.05, 3.63) is 59.7 Å². The van der Waals surface area contributed by atoms with Gasteiger partial charge in [0.15, 0.2) is 11.5 Å². The zero-order valence-electron chi connectivity index (χ0n) is 13.8. The van der Waals surface area contributed by atoms with Gasteiger partial charge in [-0.1, -0.05) is 30.3 Å². The van der Waals surface area contributed by atoms with E-state index < -0.39 is 0 Å². The summed E-state index contributed by atoms with van der Waals surface area (Å²) in [5.74, 6) is 1.58. The number of fused-ring (bicyclic) bond motifs is 4. The van der Waals surface area contributed by atoms with Crippen molar-refractivity contribution < 1.29 is 9.47 Å². The Labute approximate surface area is 140 Å². The third-order valence-corrected chi connectivity index (χ3v) is 5.31. The maximum atomic E-state index is 5.65. The van der Waals surface area contributed by atoms with E-state index in [-0.39, 0.29) is 0 Å². The molecule has 4 aromatic rings. The van der Waals surface area contributed by atoms with Gasteiger partial charge >= 0.3 is 0 Å². The maximum Gasteiger partial charge on any atom is 0.168 e. The highest BCUT2D eigenvalue weighted by Gasteiger charge is 2.18. The molecule has 0 aromatic heterocycles. The Kier molecular flexibility index (Phi) is 2.78. The SMILES string of the molecule is COc1ccc2c(ccc3cc4c5c(cccc5c32)CC4)c1OC. The first kappa shape index (κ1) is 13.7. The standard InChI is InChI=1S/C22H18O2/c1-23-19-11-10-16-17(22(19)24-2)9-8-15-12-14-7-6-13-4-3-5-18(20(13)14)21(15)16/h3-5,8-12H,6-7H2,1-2H3. The predicted octanol–water partition coefficient (Wildman–Crippen LogP) is 5.26. The van der Waals surface area contributed by atoms with Gasteiger partial charge in [0.05, 0.1) is 14.2 Å². The van der Waals surface area contributed by atoms with Gasteiger partial charge in [-0.2, -0.15) is 0 Å². The molecule has 2 heteroatoms. The molecule has 1 aliphatic rings. The molecule has 0 N–H and O–H groups in total. The van der Waals surface area contributed by atoms with Crippen LogP contribution in [0.1, 0.15) is 11.1 Å². The quantitative estimate of drug-likeness (QED) is 0.470. The molecule has 0 unspecified atom stereocenters. The van der Waals surface area contributed by atoms with E-state index in [9.17, 15) is 0 Å². The zero-order valence-corrected chi connectivity index (χ0v) is 13.8. The molecule has 0 amide bonds. The smallest absolute Gasteiger partial charge is 0.168 e. The summed E-state index contributed by atoms with van der Waals surface area (Å²) in [4.78, 5) is 0. The van der Waals surface area contributed by atoms with Crippen molar-refractivity contribution in [3.63, 3.8) is 0 Å². The van der Waals surface area contributed by atoms with E-state index in [1.807, 2.05) is 6.07 Å². The third kappa shape index (κ3) is 1.66. The van der Waals surface area contributed by atoms with Gasteiger partial charge < -0.3 is 9.47 Å². The second kappa shape index (κ2) is 4.88. The molecular weight excluding hydrogens is 296 g/mol. The third-order valence-electron chi connectivity index (χ3n) is 5.31. The molecule has 0 fully saturated rings. The summed E-state index contributed by atoms with van der Waals surface area (Å²) in [5, 5.41) is 7.75.